The lowest BCUT2D eigenvalue weighted by Crippen LogP contribution is -2.06. The van der Waals surface area contributed by atoms with Crippen LogP contribution in [-0.2, 0) is 6.42 Å². The standard InChI is InChI=1S/C15H24N2O/c1-4-6-7-8-9-10-15(18)13-11-12(3)16-17-14(13)5-2/h4,11,15,18H,1,5-10H2,2-3H3. The number of nitrogens with zero attached hydrogens (tertiary/aromatic N) is 2. The summed E-state index contributed by atoms with van der Waals surface area (Å²) in [7, 11) is 0. The molecule has 0 saturated carbocycles. The van der Waals surface area contributed by atoms with Gasteiger partial charge in [-0.25, -0.2) is 0 Å². The molecule has 0 aliphatic carbocycles. The minimum atomic E-state index is -0.405. The zero-order valence-electron chi connectivity index (χ0n) is 11.5. The second-order valence-corrected chi connectivity index (χ2v) is 4.68. The highest BCUT2D eigenvalue weighted by Gasteiger charge is 2.13. The monoisotopic (exact) mass is 248 g/mol. The maximum Gasteiger partial charge on any atom is 0.0809 e. The molecule has 100 valence electrons. The van der Waals surface area contributed by atoms with Crippen molar-refractivity contribution in [3.8, 4) is 0 Å². The molecular weight excluding hydrogens is 224 g/mol. The van der Waals surface area contributed by atoms with Crippen molar-refractivity contribution in [2.75, 3.05) is 0 Å². The fourth-order valence-corrected chi connectivity index (χ4v) is 2.06. The van der Waals surface area contributed by atoms with Gasteiger partial charge in [-0.3, -0.25) is 0 Å². The summed E-state index contributed by atoms with van der Waals surface area (Å²) in [6.45, 7) is 7.66. The molecule has 0 radical (unpaired) electrons. The summed E-state index contributed by atoms with van der Waals surface area (Å²) in [5.74, 6) is 0. The number of unbranched alkanes of at least 4 members (excludes halogenated alkanes) is 3. The summed E-state index contributed by atoms with van der Waals surface area (Å²) in [5.41, 5.74) is 2.74. The number of hydrogen-bond acceptors (Lipinski definition) is 3. The summed E-state index contributed by atoms with van der Waals surface area (Å²) < 4.78 is 0. The van der Waals surface area contributed by atoms with Crippen LogP contribution < -0.4 is 0 Å². The fraction of sp³-hybridized carbons (Fsp3) is 0.600. The molecule has 0 aliphatic rings. The Morgan fingerprint density at radius 3 is 2.78 bits per heavy atom. The quantitative estimate of drug-likeness (QED) is 0.565. The zero-order valence-corrected chi connectivity index (χ0v) is 11.5. The molecule has 1 atom stereocenters. The molecule has 0 spiro atoms. The van der Waals surface area contributed by atoms with Gasteiger partial charge in [-0.1, -0.05) is 25.8 Å². The molecule has 1 aromatic rings. The molecule has 3 nitrogen and oxygen atoms in total. The van der Waals surface area contributed by atoms with Gasteiger partial charge in [-0.05, 0) is 38.7 Å². The number of allylic oxidation sites excluding steroid dienone is 1. The van der Waals surface area contributed by atoms with Crippen LogP contribution in [0, 0.1) is 6.92 Å². The predicted molar refractivity (Wildman–Crippen MR) is 74.4 cm³/mol. The van der Waals surface area contributed by atoms with Gasteiger partial charge in [0.1, 0.15) is 0 Å². The third-order valence-corrected chi connectivity index (χ3v) is 3.11. The molecule has 1 rings (SSSR count). The van der Waals surface area contributed by atoms with E-state index in [2.05, 4.69) is 16.8 Å². The number of hydrogen-bond donors (Lipinski definition) is 1. The van der Waals surface area contributed by atoms with Gasteiger partial charge in [0.05, 0.1) is 17.5 Å². The third-order valence-electron chi connectivity index (χ3n) is 3.11. The fourth-order valence-electron chi connectivity index (χ4n) is 2.06. The number of aryl methyl sites for hydroxylation is 2. The summed E-state index contributed by atoms with van der Waals surface area (Å²) in [4.78, 5) is 0. The highest BCUT2D eigenvalue weighted by Crippen LogP contribution is 2.23. The molecule has 0 aliphatic heterocycles. The summed E-state index contributed by atoms with van der Waals surface area (Å²) in [6, 6.07) is 1.96. The molecule has 3 heteroatoms. The summed E-state index contributed by atoms with van der Waals surface area (Å²) in [6.07, 6.45) is 7.56. The Balaban J connectivity index is 2.52. The van der Waals surface area contributed by atoms with E-state index in [4.69, 9.17) is 0 Å². The van der Waals surface area contributed by atoms with Crippen molar-refractivity contribution < 1.29 is 5.11 Å². The largest absolute Gasteiger partial charge is 0.388 e. The smallest absolute Gasteiger partial charge is 0.0809 e. The van der Waals surface area contributed by atoms with Crippen LogP contribution in [0.1, 0.15) is 62.1 Å². The van der Waals surface area contributed by atoms with Crippen molar-refractivity contribution in [2.24, 2.45) is 0 Å². The molecule has 1 heterocycles. The first-order valence-electron chi connectivity index (χ1n) is 6.81. The Morgan fingerprint density at radius 2 is 2.11 bits per heavy atom. The van der Waals surface area contributed by atoms with Crippen molar-refractivity contribution in [2.45, 2.75) is 58.5 Å². The van der Waals surface area contributed by atoms with E-state index in [1.54, 1.807) is 0 Å². The SMILES string of the molecule is C=CCCCCCC(O)c1cc(C)nnc1CC. The van der Waals surface area contributed by atoms with Crippen LogP contribution >= 0.6 is 0 Å². The van der Waals surface area contributed by atoms with Gasteiger partial charge in [0, 0.05) is 5.56 Å². The highest BCUT2D eigenvalue weighted by atomic mass is 16.3. The first-order valence-corrected chi connectivity index (χ1v) is 6.81. The number of aliphatic hydroxyl groups excluding tert-OH is 1. The Kier molecular flexibility index (Phi) is 6.58. The van der Waals surface area contributed by atoms with Gasteiger partial charge in [-0.15, -0.1) is 6.58 Å². The van der Waals surface area contributed by atoms with Crippen molar-refractivity contribution in [1.82, 2.24) is 10.2 Å². The van der Waals surface area contributed by atoms with Gasteiger partial charge in [-0.2, -0.15) is 10.2 Å². The molecule has 18 heavy (non-hydrogen) atoms. The van der Waals surface area contributed by atoms with Crippen molar-refractivity contribution in [3.05, 3.63) is 35.7 Å². The topological polar surface area (TPSA) is 46.0 Å². The van der Waals surface area contributed by atoms with Crippen LogP contribution in [0.25, 0.3) is 0 Å². The third kappa shape index (κ3) is 4.57. The molecule has 0 fully saturated rings. The number of aliphatic hydroxyl groups is 1. The minimum absolute atomic E-state index is 0.405. The van der Waals surface area contributed by atoms with E-state index in [-0.39, 0.29) is 0 Å². The van der Waals surface area contributed by atoms with Crippen LogP contribution in [0.4, 0.5) is 0 Å². The van der Waals surface area contributed by atoms with Gasteiger partial charge < -0.3 is 5.11 Å². The van der Waals surface area contributed by atoms with Crippen LogP contribution in [0.3, 0.4) is 0 Å². The molecule has 1 unspecified atom stereocenters. The Morgan fingerprint density at radius 1 is 1.33 bits per heavy atom. The number of rotatable bonds is 8. The van der Waals surface area contributed by atoms with Crippen LogP contribution in [0.5, 0.6) is 0 Å². The van der Waals surface area contributed by atoms with Gasteiger partial charge in [0.2, 0.25) is 0 Å². The van der Waals surface area contributed by atoms with E-state index in [1.807, 2.05) is 26.0 Å². The minimum Gasteiger partial charge on any atom is -0.388 e. The van der Waals surface area contributed by atoms with Crippen molar-refractivity contribution in [1.29, 1.82) is 0 Å². The summed E-state index contributed by atoms with van der Waals surface area (Å²) in [5, 5.41) is 18.4. The molecule has 1 N–H and O–H groups in total. The molecule has 0 amide bonds. The van der Waals surface area contributed by atoms with Gasteiger partial charge in [0.15, 0.2) is 0 Å². The average molecular weight is 248 g/mol. The molecule has 1 aromatic heterocycles. The highest BCUT2D eigenvalue weighted by molar-refractivity contribution is 5.23. The lowest BCUT2D eigenvalue weighted by Gasteiger charge is -2.14. The van der Waals surface area contributed by atoms with Gasteiger partial charge >= 0.3 is 0 Å². The molecule has 0 bridgehead atoms. The Hall–Kier alpha value is -1.22. The van der Waals surface area contributed by atoms with Crippen molar-refractivity contribution >= 4 is 0 Å². The Bertz CT molecular complexity index is 377. The van der Waals surface area contributed by atoms with Crippen LogP contribution in [0.2, 0.25) is 0 Å². The van der Waals surface area contributed by atoms with E-state index >= 15 is 0 Å². The molecule has 0 saturated heterocycles. The van der Waals surface area contributed by atoms with E-state index in [9.17, 15) is 5.11 Å². The summed E-state index contributed by atoms with van der Waals surface area (Å²) >= 11 is 0. The second kappa shape index (κ2) is 7.98. The van der Waals surface area contributed by atoms with Crippen LogP contribution in [-0.4, -0.2) is 15.3 Å². The van der Waals surface area contributed by atoms with Gasteiger partial charge in [0.25, 0.3) is 0 Å². The average Bonchev–Trinajstić information content (AvgIpc) is 2.38. The normalized spacial score (nSPS) is 12.4. The predicted octanol–water partition coefficient (Wildman–Crippen LogP) is 3.52. The van der Waals surface area contributed by atoms with E-state index in [1.165, 1.54) is 0 Å². The van der Waals surface area contributed by atoms with E-state index in [0.29, 0.717) is 0 Å². The molecule has 0 aromatic carbocycles. The second-order valence-electron chi connectivity index (χ2n) is 4.68. The van der Waals surface area contributed by atoms with E-state index < -0.39 is 6.10 Å². The van der Waals surface area contributed by atoms with E-state index in [0.717, 1.165) is 55.5 Å². The maximum atomic E-state index is 10.2. The van der Waals surface area contributed by atoms with Crippen molar-refractivity contribution in [3.63, 3.8) is 0 Å². The zero-order chi connectivity index (χ0) is 13.4. The molecular formula is C15H24N2O. The first-order chi connectivity index (χ1) is 8.69. The lowest BCUT2D eigenvalue weighted by molar-refractivity contribution is 0.161. The van der Waals surface area contributed by atoms with Crippen LogP contribution in [0.15, 0.2) is 18.7 Å². The Labute approximate surface area is 110 Å². The first kappa shape index (κ1) is 14.8. The lowest BCUT2D eigenvalue weighted by atomic mass is 10.00. The number of aromatic nitrogens is 2. The maximum absolute atomic E-state index is 10.2.